The molecule has 1 aliphatic carbocycles. The number of anilines is 1. The smallest absolute Gasteiger partial charge is 0.335 e. The lowest BCUT2D eigenvalue weighted by Crippen LogP contribution is -2.38. The Balaban J connectivity index is 1.73. The lowest BCUT2D eigenvalue weighted by atomic mass is 10.2. The molecule has 2 amide bonds. The van der Waals surface area contributed by atoms with E-state index < -0.39 is 21.0 Å². The Morgan fingerprint density at radius 1 is 1.42 bits per heavy atom. The highest BCUT2D eigenvalue weighted by molar-refractivity contribution is 7.94. The van der Waals surface area contributed by atoms with Gasteiger partial charge >= 0.3 is 6.03 Å². The molecule has 0 aromatic carbocycles. The number of rotatable bonds is 5. The molecular weight excluding hydrogens is 360 g/mol. The first kappa shape index (κ1) is 18.1. The summed E-state index contributed by atoms with van der Waals surface area (Å²) in [6.45, 7) is 2.63. The second-order valence-corrected chi connectivity index (χ2v) is 7.71. The molecule has 1 aliphatic heterocycles. The molecule has 0 spiro atoms. The Hall–Kier alpha value is -2.69. The first-order chi connectivity index (χ1) is 12.4. The van der Waals surface area contributed by atoms with Crippen LogP contribution in [0, 0.1) is 12.3 Å². The molecule has 10 nitrogen and oxygen atoms in total. The van der Waals surface area contributed by atoms with E-state index in [2.05, 4.69) is 20.6 Å². The van der Waals surface area contributed by atoms with E-state index in [9.17, 15) is 13.2 Å². The van der Waals surface area contributed by atoms with Gasteiger partial charge in [0.05, 0.1) is 6.61 Å². The van der Waals surface area contributed by atoms with Gasteiger partial charge in [0.1, 0.15) is 0 Å². The molecule has 4 N–H and O–H groups in total. The molecule has 2 aliphatic rings. The Kier molecular flexibility index (Phi) is 5.07. The second-order valence-electron chi connectivity index (χ2n) is 6.06. The minimum absolute atomic E-state index is 0.0377. The van der Waals surface area contributed by atoms with E-state index >= 15 is 0 Å². The molecular formula is C15H20N6O4S. The number of amides is 2. The maximum absolute atomic E-state index is 12.4. The first-order valence-electron chi connectivity index (χ1n) is 8.20. The van der Waals surface area contributed by atoms with Crippen molar-refractivity contribution in [1.82, 2.24) is 20.0 Å². The van der Waals surface area contributed by atoms with Crippen molar-refractivity contribution >= 4 is 28.2 Å². The minimum Gasteiger partial charge on any atom is -0.478 e. The third-order valence-electron chi connectivity index (χ3n) is 3.82. The molecule has 1 aromatic rings. The van der Waals surface area contributed by atoms with Crippen LogP contribution >= 0.6 is 0 Å². The molecule has 0 atom stereocenters. The number of hydrogen-bond donors (Lipinski definition) is 4. The standard InChI is InChI=1S/C15H20N6O4S/c1-9-7-11(10-3-4-10)19-14(18-9)20-15(22)21-26(23,24)12(8-16)13-17-5-2-6-25-13/h7-8,10,16-17H,2-6H2,1H3,(H2,18,19,20,21,22)/b13-12-,16-8?. The van der Waals surface area contributed by atoms with E-state index in [4.69, 9.17) is 10.1 Å². The van der Waals surface area contributed by atoms with E-state index in [0.717, 1.165) is 25.0 Å². The van der Waals surface area contributed by atoms with Crippen LogP contribution in [-0.4, -0.2) is 43.8 Å². The van der Waals surface area contributed by atoms with Gasteiger partial charge in [-0.1, -0.05) is 0 Å². The average Bonchev–Trinajstić information content (AvgIpc) is 3.39. The molecule has 1 aromatic heterocycles. The number of nitrogens with zero attached hydrogens (tertiary/aromatic N) is 2. The summed E-state index contributed by atoms with van der Waals surface area (Å²) in [6, 6.07) is 0.842. The van der Waals surface area contributed by atoms with E-state index in [1.807, 2.05) is 10.8 Å². The van der Waals surface area contributed by atoms with Crippen molar-refractivity contribution in [3.63, 3.8) is 0 Å². The van der Waals surface area contributed by atoms with Gasteiger partial charge in [0, 0.05) is 30.1 Å². The normalized spacial score (nSPS) is 19.0. The number of hydrogen-bond acceptors (Lipinski definition) is 8. The molecule has 11 heteroatoms. The zero-order valence-corrected chi connectivity index (χ0v) is 15.0. The maximum Gasteiger partial charge on any atom is 0.335 e. The van der Waals surface area contributed by atoms with Crippen LogP contribution in [0.3, 0.4) is 0 Å². The third kappa shape index (κ3) is 4.28. The van der Waals surface area contributed by atoms with Crippen LogP contribution in [0.15, 0.2) is 16.9 Å². The number of carbonyl (C=O) groups excluding carboxylic acids is 1. The van der Waals surface area contributed by atoms with Crippen LogP contribution in [0.1, 0.15) is 36.6 Å². The number of sulfonamides is 1. The predicted molar refractivity (Wildman–Crippen MR) is 94.2 cm³/mol. The summed E-state index contributed by atoms with van der Waals surface area (Å²) in [5.41, 5.74) is 1.51. The lowest BCUT2D eigenvalue weighted by molar-refractivity contribution is 0.157. The summed E-state index contributed by atoms with van der Waals surface area (Å²) >= 11 is 0. The summed E-state index contributed by atoms with van der Waals surface area (Å²) in [5.74, 6) is 0.359. The average molecular weight is 380 g/mol. The minimum atomic E-state index is -4.28. The first-order valence-corrected chi connectivity index (χ1v) is 9.68. The van der Waals surface area contributed by atoms with Gasteiger partial charge < -0.3 is 15.5 Å². The van der Waals surface area contributed by atoms with Gasteiger partial charge in [0.25, 0.3) is 10.0 Å². The van der Waals surface area contributed by atoms with E-state index in [1.165, 1.54) is 0 Å². The fraction of sp³-hybridized carbons (Fsp3) is 0.467. The Bertz CT molecular complexity index is 855. The Morgan fingerprint density at radius 2 is 2.19 bits per heavy atom. The van der Waals surface area contributed by atoms with Crippen molar-refractivity contribution in [2.45, 2.75) is 32.1 Å². The fourth-order valence-electron chi connectivity index (χ4n) is 2.46. The van der Waals surface area contributed by atoms with Gasteiger partial charge in [0.15, 0.2) is 4.91 Å². The zero-order valence-electron chi connectivity index (χ0n) is 14.2. The number of ether oxygens (including phenoxy) is 1. The number of aromatic nitrogens is 2. The molecule has 140 valence electrons. The molecule has 1 saturated heterocycles. The van der Waals surface area contributed by atoms with Gasteiger partial charge in [-0.25, -0.2) is 27.9 Å². The zero-order chi connectivity index (χ0) is 18.7. The molecule has 0 radical (unpaired) electrons. The Labute approximate surface area is 151 Å². The largest absolute Gasteiger partial charge is 0.478 e. The second kappa shape index (κ2) is 7.28. The fourth-order valence-corrected chi connectivity index (χ4v) is 3.40. The summed E-state index contributed by atoms with van der Waals surface area (Å²) in [4.78, 5) is 20.0. The van der Waals surface area contributed by atoms with Crippen LogP contribution in [0.4, 0.5) is 10.7 Å². The monoisotopic (exact) mass is 380 g/mol. The van der Waals surface area contributed by atoms with Crippen molar-refractivity contribution in [2.24, 2.45) is 0 Å². The van der Waals surface area contributed by atoms with Gasteiger partial charge in [-0.2, -0.15) is 0 Å². The van der Waals surface area contributed by atoms with Gasteiger partial charge in [0.2, 0.25) is 11.8 Å². The molecule has 0 unspecified atom stereocenters. The molecule has 2 heterocycles. The summed E-state index contributed by atoms with van der Waals surface area (Å²) in [7, 11) is -4.28. The van der Waals surface area contributed by atoms with Crippen LogP contribution in [0.25, 0.3) is 0 Å². The topological polar surface area (TPSA) is 146 Å². The lowest BCUT2D eigenvalue weighted by Gasteiger charge is -2.20. The van der Waals surface area contributed by atoms with Crippen molar-refractivity contribution in [1.29, 1.82) is 5.41 Å². The van der Waals surface area contributed by atoms with E-state index in [1.54, 1.807) is 6.92 Å². The molecule has 3 rings (SSSR count). The van der Waals surface area contributed by atoms with Crippen molar-refractivity contribution in [2.75, 3.05) is 18.5 Å². The summed E-state index contributed by atoms with van der Waals surface area (Å²) < 4.78 is 31.8. The number of carbonyl (C=O) groups is 1. The van der Waals surface area contributed by atoms with Gasteiger partial charge in [-0.3, -0.25) is 5.32 Å². The third-order valence-corrected chi connectivity index (χ3v) is 5.16. The van der Waals surface area contributed by atoms with E-state index in [-0.39, 0.29) is 11.8 Å². The van der Waals surface area contributed by atoms with Crippen LogP contribution in [0.2, 0.25) is 0 Å². The molecule has 0 bridgehead atoms. The summed E-state index contributed by atoms with van der Waals surface area (Å²) in [6.07, 6.45) is 3.42. The summed E-state index contributed by atoms with van der Waals surface area (Å²) in [5, 5.41) is 12.4. The SMILES string of the molecule is Cc1cc(C2CC2)nc(NC(=O)NS(=O)(=O)/C(C=N)=C2/NCCCO2)n1. The Morgan fingerprint density at radius 3 is 2.81 bits per heavy atom. The number of nitrogens with one attached hydrogen (secondary N) is 4. The van der Waals surface area contributed by atoms with E-state index in [0.29, 0.717) is 31.0 Å². The molecule has 26 heavy (non-hydrogen) atoms. The van der Waals surface area contributed by atoms with Crippen molar-refractivity contribution in [3.8, 4) is 0 Å². The highest BCUT2D eigenvalue weighted by Gasteiger charge is 2.28. The van der Waals surface area contributed by atoms with Gasteiger partial charge in [-0.15, -0.1) is 0 Å². The van der Waals surface area contributed by atoms with Crippen LogP contribution in [0.5, 0.6) is 0 Å². The highest BCUT2D eigenvalue weighted by Crippen LogP contribution is 2.39. The maximum atomic E-state index is 12.4. The van der Waals surface area contributed by atoms with Crippen molar-refractivity contribution in [3.05, 3.63) is 28.2 Å². The highest BCUT2D eigenvalue weighted by atomic mass is 32.2. The quantitative estimate of drug-likeness (QED) is 0.556. The van der Waals surface area contributed by atoms with Crippen LogP contribution < -0.4 is 15.4 Å². The van der Waals surface area contributed by atoms with Crippen LogP contribution in [-0.2, 0) is 14.8 Å². The van der Waals surface area contributed by atoms with Gasteiger partial charge in [-0.05, 0) is 32.3 Å². The molecule has 1 saturated carbocycles. The number of aryl methyl sites for hydroxylation is 1. The number of allylic oxidation sites excluding steroid dienone is 1. The van der Waals surface area contributed by atoms with Crippen molar-refractivity contribution < 1.29 is 17.9 Å². The number of urea groups is 1. The predicted octanol–water partition coefficient (Wildman–Crippen LogP) is 0.942. The molecule has 2 fully saturated rings.